The number of aromatic nitrogens is 1. The van der Waals surface area contributed by atoms with E-state index < -0.39 is 0 Å². The van der Waals surface area contributed by atoms with E-state index in [0.29, 0.717) is 0 Å². The van der Waals surface area contributed by atoms with Crippen LogP contribution in [0.5, 0.6) is 5.75 Å². The van der Waals surface area contributed by atoms with Gasteiger partial charge in [-0.2, -0.15) is 0 Å². The zero-order chi connectivity index (χ0) is 12.8. The SMILES string of the molecule is CCNC(c1ccncc1)c1cccc(OC)c1. The lowest BCUT2D eigenvalue weighted by Crippen LogP contribution is -2.21. The Morgan fingerprint density at radius 1 is 1.17 bits per heavy atom. The van der Waals surface area contributed by atoms with Crippen molar-refractivity contribution in [1.29, 1.82) is 0 Å². The average Bonchev–Trinajstić information content (AvgIpc) is 2.46. The number of rotatable bonds is 5. The third-order valence-corrected chi connectivity index (χ3v) is 2.87. The Labute approximate surface area is 108 Å². The maximum atomic E-state index is 5.28. The Morgan fingerprint density at radius 3 is 2.61 bits per heavy atom. The van der Waals surface area contributed by atoms with Gasteiger partial charge in [-0.25, -0.2) is 0 Å². The highest BCUT2D eigenvalue weighted by Crippen LogP contribution is 2.24. The van der Waals surface area contributed by atoms with Crippen LogP contribution in [0.3, 0.4) is 0 Å². The second-order valence-electron chi connectivity index (χ2n) is 4.05. The minimum absolute atomic E-state index is 0.174. The van der Waals surface area contributed by atoms with Gasteiger partial charge in [-0.3, -0.25) is 4.98 Å². The van der Waals surface area contributed by atoms with Gasteiger partial charge in [-0.15, -0.1) is 0 Å². The minimum atomic E-state index is 0.174. The van der Waals surface area contributed by atoms with Gasteiger partial charge in [0.25, 0.3) is 0 Å². The van der Waals surface area contributed by atoms with Crippen molar-refractivity contribution in [3.05, 3.63) is 59.9 Å². The molecular formula is C15H18N2O. The summed E-state index contributed by atoms with van der Waals surface area (Å²) in [4.78, 5) is 4.06. The molecule has 3 nitrogen and oxygen atoms in total. The predicted octanol–water partition coefficient (Wildman–Crippen LogP) is 2.79. The van der Waals surface area contributed by atoms with Gasteiger partial charge in [-0.05, 0) is 41.9 Å². The zero-order valence-electron chi connectivity index (χ0n) is 10.8. The van der Waals surface area contributed by atoms with E-state index in [0.717, 1.165) is 12.3 Å². The molecule has 1 aromatic carbocycles. The summed E-state index contributed by atoms with van der Waals surface area (Å²) in [6.07, 6.45) is 3.64. The van der Waals surface area contributed by atoms with Crippen LogP contribution in [0.25, 0.3) is 0 Å². The summed E-state index contributed by atoms with van der Waals surface area (Å²) in [6, 6.07) is 12.4. The molecule has 2 rings (SSSR count). The van der Waals surface area contributed by atoms with E-state index in [2.05, 4.69) is 29.4 Å². The number of ether oxygens (including phenoxy) is 1. The molecule has 18 heavy (non-hydrogen) atoms. The van der Waals surface area contributed by atoms with Crippen LogP contribution in [0.2, 0.25) is 0 Å². The van der Waals surface area contributed by atoms with E-state index in [1.165, 1.54) is 11.1 Å². The number of nitrogens with one attached hydrogen (secondary N) is 1. The van der Waals surface area contributed by atoms with Gasteiger partial charge in [0.15, 0.2) is 0 Å². The largest absolute Gasteiger partial charge is 0.497 e. The zero-order valence-corrected chi connectivity index (χ0v) is 10.8. The number of hydrogen-bond acceptors (Lipinski definition) is 3. The lowest BCUT2D eigenvalue weighted by atomic mass is 9.99. The van der Waals surface area contributed by atoms with Crippen LogP contribution >= 0.6 is 0 Å². The molecule has 0 bridgehead atoms. The minimum Gasteiger partial charge on any atom is -0.497 e. The van der Waals surface area contributed by atoms with Gasteiger partial charge in [-0.1, -0.05) is 19.1 Å². The second kappa shape index (κ2) is 6.17. The van der Waals surface area contributed by atoms with Crippen LogP contribution in [0, 0.1) is 0 Å². The van der Waals surface area contributed by atoms with Crippen molar-refractivity contribution in [1.82, 2.24) is 10.3 Å². The molecule has 0 fully saturated rings. The molecule has 1 aromatic heterocycles. The van der Waals surface area contributed by atoms with Gasteiger partial charge in [0.2, 0.25) is 0 Å². The van der Waals surface area contributed by atoms with Crippen molar-refractivity contribution in [2.75, 3.05) is 13.7 Å². The number of pyridine rings is 1. The summed E-state index contributed by atoms with van der Waals surface area (Å²) < 4.78 is 5.28. The number of benzene rings is 1. The highest BCUT2D eigenvalue weighted by Gasteiger charge is 2.12. The Morgan fingerprint density at radius 2 is 1.94 bits per heavy atom. The van der Waals surface area contributed by atoms with Crippen molar-refractivity contribution in [2.45, 2.75) is 13.0 Å². The van der Waals surface area contributed by atoms with Crippen molar-refractivity contribution in [2.24, 2.45) is 0 Å². The lowest BCUT2D eigenvalue weighted by molar-refractivity contribution is 0.413. The van der Waals surface area contributed by atoms with Gasteiger partial charge in [0.1, 0.15) is 5.75 Å². The van der Waals surface area contributed by atoms with Crippen LogP contribution in [-0.4, -0.2) is 18.6 Å². The molecule has 2 aromatic rings. The summed E-state index contributed by atoms with van der Waals surface area (Å²) in [6.45, 7) is 3.01. The highest BCUT2D eigenvalue weighted by molar-refractivity contribution is 5.36. The standard InChI is InChI=1S/C15H18N2O/c1-3-17-15(12-7-9-16-10-8-12)13-5-4-6-14(11-13)18-2/h4-11,15,17H,3H2,1-2H3. The van der Waals surface area contributed by atoms with E-state index in [4.69, 9.17) is 4.74 Å². The molecule has 3 heteroatoms. The quantitative estimate of drug-likeness (QED) is 0.875. The normalized spacial score (nSPS) is 12.1. The summed E-state index contributed by atoms with van der Waals surface area (Å²) in [7, 11) is 1.69. The van der Waals surface area contributed by atoms with E-state index >= 15 is 0 Å². The maximum Gasteiger partial charge on any atom is 0.119 e. The number of nitrogens with zero attached hydrogens (tertiary/aromatic N) is 1. The molecule has 1 atom stereocenters. The van der Waals surface area contributed by atoms with Gasteiger partial charge in [0, 0.05) is 12.4 Å². The summed E-state index contributed by atoms with van der Waals surface area (Å²) in [5.74, 6) is 0.879. The van der Waals surface area contributed by atoms with Gasteiger partial charge in [0.05, 0.1) is 13.2 Å². The molecule has 0 aliphatic heterocycles. The fourth-order valence-corrected chi connectivity index (χ4v) is 2.01. The second-order valence-corrected chi connectivity index (χ2v) is 4.05. The summed E-state index contributed by atoms with van der Waals surface area (Å²) in [5.41, 5.74) is 2.41. The van der Waals surface area contributed by atoms with E-state index in [-0.39, 0.29) is 6.04 Å². The first-order chi connectivity index (χ1) is 8.85. The molecule has 0 radical (unpaired) electrons. The third kappa shape index (κ3) is 2.87. The molecule has 0 spiro atoms. The first-order valence-corrected chi connectivity index (χ1v) is 6.12. The van der Waals surface area contributed by atoms with Crippen LogP contribution in [0.1, 0.15) is 24.1 Å². The smallest absolute Gasteiger partial charge is 0.119 e. The van der Waals surface area contributed by atoms with Crippen molar-refractivity contribution < 1.29 is 4.74 Å². The molecule has 0 saturated heterocycles. The molecule has 0 aliphatic rings. The fourth-order valence-electron chi connectivity index (χ4n) is 2.01. The molecule has 0 amide bonds. The Hall–Kier alpha value is -1.87. The van der Waals surface area contributed by atoms with Crippen LogP contribution < -0.4 is 10.1 Å². The van der Waals surface area contributed by atoms with Gasteiger partial charge >= 0.3 is 0 Å². The Kier molecular flexibility index (Phi) is 4.31. The summed E-state index contributed by atoms with van der Waals surface area (Å²) >= 11 is 0. The molecule has 1 N–H and O–H groups in total. The molecule has 94 valence electrons. The number of hydrogen-bond donors (Lipinski definition) is 1. The molecule has 1 unspecified atom stereocenters. The van der Waals surface area contributed by atoms with Crippen LogP contribution in [-0.2, 0) is 0 Å². The average molecular weight is 242 g/mol. The Balaban J connectivity index is 2.35. The number of methoxy groups -OCH3 is 1. The van der Waals surface area contributed by atoms with Gasteiger partial charge < -0.3 is 10.1 Å². The third-order valence-electron chi connectivity index (χ3n) is 2.87. The lowest BCUT2D eigenvalue weighted by Gasteiger charge is -2.19. The Bertz CT molecular complexity index is 485. The van der Waals surface area contributed by atoms with Crippen molar-refractivity contribution in [3.63, 3.8) is 0 Å². The van der Waals surface area contributed by atoms with Crippen LogP contribution in [0.4, 0.5) is 0 Å². The fraction of sp³-hybridized carbons (Fsp3) is 0.267. The van der Waals surface area contributed by atoms with Crippen molar-refractivity contribution >= 4 is 0 Å². The van der Waals surface area contributed by atoms with E-state index in [9.17, 15) is 0 Å². The summed E-state index contributed by atoms with van der Waals surface area (Å²) in [5, 5.41) is 3.48. The molecule has 0 saturated carbocycles. The first kappa shape index (κ1) is 12.6. The predicted molar refractivity (Wildman–Crippen MR) is 72.8 cm³/mol. The molecule has 0 aliphatic carbocycles. The maximum absolute atomic E-state index is 5.28. The van der Waals surface area contributed by atoms with Crippen LogP contribution in [0.15, 0.2) is 48.8 Å². The van der Waals surface area contributed by atoms with E-state index in [1.807, 2.05) is 36.7 Å². The highest BCUT2D eigenvalue weighted by atomic mass is 16.5. The van der Waals surface area contributed by atoms with Crippen molar-refractivity contribution in [3.8, 4) is 5.75 Å². The molecular weight excluding hydrogens is 224 g/mol. The monoisotopic (exact) mass is 242 g/mol. The molecule has 1 heterocycles. The topological polar surface area (TPSA) is 34.2 Å². The first-order valence-electron chi connectivity index (χ1n) is 6.12. The van der Waals surface area contributed by atoms with E-state index in [1.54, 1.807) is 7.11 Å².